The van der Waals surface area contributed by atoms with E-state index < -0.39 is 0 Å². The second-order valence-electron chi connectivity index (χ2n) is 3.84. The molecule has 0 saturated carbocycles. The van der Waals surface area contributed by atoms with Crippen LogP contribution >= 0.6 is 0 Å². The van der Waals surface area contributed by atoms with Crippen LogP contribution in [0.4, 0.5) is 5.69 Å². The van der Waals surface area contributed by atoms with E-state index >= 15 is 0 Å². The van der Waals surface area contributed by atoms with E-state index in [0.717, 1.165) is 17.1 Å². The lowest BCUT2D eigenvalue weighted by atomic mass is 10.2. The maximum Gasteiger partial charge on any atom is 0.180 e. The highest BCUT2D eigenvalue weighted by atomic mass is 16.3. The molecule has 90 valence electrons. The first-order valence-electron chi connectivity index (χ1n) is 5.61. The Morgan fingerprint density at radius 2 is 2.28 bits per heavy atom. The number of nitrogens with zero attached hydrogens (tertiary/aromatic N) is 3. The molecule has 0 fully saturated rings. The van der Waals surface area contributed by atoms with Gasteiger partial charge in [-0.25, -0.2) is 9.97 Å². The first-order valence-corrected chi connectivity index (χ1v) is 5.61. The van der Waals surface area contributed by atoms with E-state index in [1.807, 2.05) is 29.0 Å². The summed E-state index contributed by atoms with van der Waals surface area (Å²) in [6.07, 6.45) is 8.57. The Hall–Kier alpha value is -2.56. The number of nitrogens with one attached hydrogen (secondary N) is 1. The van der Waals surface area contributed by atoms with Crippen molar-refractivity contribution in [1.82, 2.24) is 14.5 Å². The van der Waals surface area contributed by atoms with Crippen molar-refractivity contribution in [2.24, 2.45) is 0 Å². The molecule has 1 aromatic carbocycles. The van der Waals surface area contributed by atoms with Crippen LogP contribution in [0.15, 0.2) is 60.0 Å². The monoisotopic (exact) mass is 240 g/mol. The molecular weight excluding hydrogens is 228 g/mol. The lowest BCUT2D eigenvalue weighted by molar-refractivity contribution is 0.512. The smallest absolute Gasteiger partial charge is 0.180 e. The quantitative estimate of drug-likeness (QED) is 0.761. The van der Waals surface area contributed by atoms with Crippen molar-refractivity contribution in [3.05, 3.63) is 61.3 Å². The fraction of sp³-hybridized carbons (Fsp3) is 0.0769. The molecule has 0 aliphatic heterocycles. The minimum atomic E-state index is 0.618. The summed E-state index contributed by atoms with van der Waals surface area (Å²) in [7, 11) is 0. The lowest BCUT2D eigenvalue weighted by Gasteiger charge is -2.07. The second-order valence-corrected chi connectivity index (χ2v) is 3.84. The molecule has 18 heavy (non-hydrogen) atoms. The molecule has 0 radical (unpaired) electrons. The summed E-state index contributed by atoms with van der Waals surface area (Å²) in [4.78, 5) is 7.91. The van der Waals surface area contributed by atoms with Crippen LogP contribution in [0.2, 0.25) is 0 Å². The van der Waals surface area contributed by atoms with E-state index in [1.165, 1.54) is 6.39 Å². The largest absolute Gasteiger partial charge is 0.447 e. The highest BCUT2D eigenvalue weighted by Crippen LogP contribution is 2.15. The van der Waals surface area contributed by atoms with Crippen molar-refractivity contribution in [2.75, 3.05) is 5.32 Å². The third-order valence-corrected chi connectivity index (χ3v) is 2.60. The normalized spacial score (nSPS) is 10.4. The lowest BCUT2D eigenvalue weighted by Crippen LogP contribution is -1.99. The van der Waals surface area contributed by atoms with Crippen LogP contribution in [-0.2, 0) is 6.54 Å². The average Bonchev–Trinajstić information content (AvgIpc) is 3.10. The first kappa shape index (κ1) is 10.6. The molecule has 0 aliphatic carbocycles. The van der Waals surface area contributed by atoms with E-state index in [9.17, 15) is 0 Å². The Labute approximate surface area is 104 Å². The van der Waals surface area contributed by atoms with Gasteiger partial charge in [0.25, 0.3) is 0 Å². The minimum Gasteiger partial charge on any atom is -0.447 e. The van der Waals surface area contributed by atoms with E-state index in [2.05, 4.69) is 21.4 Å². The Morgan fingerprint density at radius 1 is 1.28 bits per heavy atom. The van der Waals surface area contributed by atoms with Crippen LogP contribution in [0, 0.1) is 0 Å². The van der Waals surface area contributed by atoms with E-state index in [1.54, 1.807) is 18.7 Å². The maximum absolute atomic E-state index is 5.17. The van der Waals surface area contributed by atoms with E-state index in [4.69, 9.17) is 4.42 Å². The van der Waals surface area contributed by atoms with Crippen LogP contribution in [0.25, 0.3) is 5.69 Å². The topological polar surface area (TPSA) is 55.9 Å². The molecule has 3 rings (SSSR count). The summed E-state index contributed by atoms with van der Waals surface area (Å²) in [5.74, 6) is 0.808. The highest BCUT2D eigenvalue weighted by molar-refractivity contribution is 5.51. The third kappa shape index (κ3) is 2.24. The minimum absolute atomic E-state index is 0.618. The van der Waals surface area contributed by atoms with E-state index in [-0.39, 0.29) is 0 Å². The number of imidazole rings is 1. The molecule has 5 heteroatoms. The van der Waals surface area contributed by atoms with Crippen molar-refractivity contribution in [2.45, 2.75) is 6.54 Å². The van der Waals surface area contributed by atoms with Gasteiger partial charge < -0.3 is 14.3 Å². The zero-order valence-electron chi connectivity index (χ0n) is 9.65. The molecule has 5 nitrogen and oxygen atoms in total. The van der Waals surface area contributed by atoms with Gasteiger partial charge in [-0.15, -0.1) is 0 Å². The van der Waals surface area contributed by atoms with Gasteiger partial charge in [0.15, 0.2) is 6.39 Å². The van der Waals surface area contributed by atoms with Crippen LogP contribution in [0.1, 0.15) is 5.76 Å². The highest BCUT2D eigenvalue weighted by Gasteiger charge is 1.99. The fourth-order valence-electron chi connectivity index (χ4n) is 1.71. The number of benzene rings is 1. The maximum atomic E-state index is 5.17. The van der Waals surface area contributed by atoms with Crippen molar-refractivity contribution >= 4 is 5.69 Å². The third-order valence-electron chi connectivity index (χ3n) is 2.60. The molecule has 2 heterocycles. The average molecular weight is 240 g/mol. The number of oxazole rings is 1. The zero-order valence-corrected chi connectivity index (χ0v) is 9.65. The first-order chi connectivity index (χ1) is 8.92. The van der Waals surface area contributed by atoms with Crippen LogP contribution in [-0.4, -0.2) is 14.5 Å². The molecule has 0 amide bonds. The number of hydrogen-bond donors (Lipinski definition) is 1. The number of hydrogen-bond acceptors (Lipinski definition) is 4. The molecular formula is C13H12N4O. The van der Waals surface area contributed by atoms with Crippen molar-refractivity contribution in [3.63, 3.8) is 0 Å². The van der Waals surface area contributed by atoms with Gasteiger partial charge >= 0.3 is 0 Å². The molecule has 0 bridgehead atoms. The van der Waals surface area contributed by atoms with Gasteiger partial charge in [-0.2, -0.15) is 0 Å². The Balaban J connectivity index is 1.75. The van der Waals surface area contributed by atoms with Gasteiger partial charge in [0, 0.05) is 23.8 Å². The molecule has 0 spiro atoms. The summed E-state index contributed by atoms with van der Waals surface area (Å²) in [5, 5.41) is 3.28. The van der Waals surface area contributed by atoms with Crippen LogP contribution in [0.5, 0.6) is 0 Å². The molecule has 3 aromatic rings. The fourth-order valence-corrected chi connectivity index (χ4v) is 1.71. The van der Waals surface area contributed by atoms with Crippen molar-refractivity contribution in [1.29, 1.82) is 0 Å². The molecule has 1 N–H and O–H groups in total. The van der Waals surface area contributed by atoms with Gasteiger partial charge in [0.05, 0.1) is 19.1 Å². The summed E-state index contributed by atoms with van der Waals surface area (Å²) in [5.41, 5.74) is 2.09. The summed E-state index contributed by atoms with van der Waals surface area (Å²) in [6, 6.07) is 8.09. The van der Waals surface area contributed by atoms with Crippen molar-refractivity contribution in [3.8, 4) is 5.69 Å². The Kier molecular flexibility index (Phi) is 2.79. The van der Waals surface area contributed by atoms with Crippen LogP contribution in [0.3, 0.4) is 0 Å². The summed E-state index contributed by atoms with van der Waals surface area (Å²) >= 11 is 0. The van der Waals surface area contributed by atoms with Gasteiger partial charge in [-0.1, -0.05) is 6.07 Å². The molecule has 0 saturated heterocycles. The predicted molar refractivity (Wildman–Crippen MR) is 67.4 cm³/mol. The predicted octanol–water partition coefficient (Wildman–Crippen LogP) is 2.47. The second kappa shape index (κ2) is 4.75. The number of aromatic nitrogens is 3. The number of rotatable bonds is 4. The van der Waals surface area contributed by atoms with Crippen LogP contribution < -0.4 is 5.32 Å². The molecule has 0 aliphatic rings. The van der Waals surface area contributed by atoms with Gasteiger partial charge in [0.1, 0.15) is 5.76 Å². The van der Waals surface area contributed by atoms with Gasteiger partial charge in [-0.3, -0.25) is 0 Å². The Morgan fingerprint density at radius 3 is 3.06 bits per heavy atom. The van der Waals surface area contributed by atoms with Crippen molar-refractivity contribution < 1.29 is 4.42 Å². The zero-order chi connectivity index (χ0) is 12.2. The van der Waals surface area contributed by atoms with E-state index in [0.29, 0.717) is 6.54 Å². The SMILES string of the molecule is c1cc(NCc2cnco2)cc(-n2ccnc2)c1. The Bertz CT molecular complexity index is 602. The molecule has 0 atom stereocenters. The summed E-state index contributed by atoms with van der Waals surface area (Å²) in [6.45, 7) is 0.618. The summed E-state index contributed by atoms with van der Waals surface area (Å²) < 4.78 is 7.13. The molecule has 2 aromatic heterocycles. The van der Waals surface area contributed by atoms with Gasteiger partial charge in [-0.05, 0) is 18.2 Å². The molecule has 0 unspecified atom stereocenters. The standard InChI is InChI=1S/C13H12N4O/c1-2-11(16-8-13-7-15-10-18-13)6-12(3-1)17-5-4-14-9-17/h1-7,9-10,16H,8H2. The van der Waals surface area contributed by atoms with Gasteiger partial charge in [0.2, 0.25) is 0 Å². The number of anilines is 1.